The van der Waals surface area contributed by atoms with Crippen LogP contribution in [0.4, 0.5) is 0 Å². The summed E-state index contributed by atoms with van der Waals surface area (Å²) < 4.78 is 0. The number of carbonyl (C=O) groups is 2. The van der Waals surface area contributed by atoms with Crippen molar-refractivity contribution in [1.29, 1.82) is 0 Å². The minimum Gasteiger partial charge on any atom is -0.355 e. The van der Waals surface area contributed by atoms with Gasteiger partial charge >= 0.3 is 0 Å². The third-order valence-corrected chi connectivity index (χ3v) is 4.09. The summed E-state index contributed by atoms with van der Waals surface area (Å²) in [6.45, 7) is 5.53. The van der Waals surface area contributed by atoms with Crippen LogP contribution in [0.5, 0.6) is 0 Å². The van der Waals surface area contributed by atoms with E-state index < -0.39 is 0 Å². The molecule has 21 heavy (non-hydrogen) atoms. The maximum atomic E-state index is 12.1. The van der Waals surface area contributed by atoms with E-state index in [1.54, 1.807) is 13.8 Å². The number of H-pyrrole nitrogens is 1. The van der Waals surface area contributed by atoms with E-state index >= 15 is 0 Å². The van der Waals surface area contributed by atoms with Crippen LogP contribution in [-0.4, -0.2) is 34.9 Å². The predicted molar refractivity (Wildman–Crippen MR) is 80.7 cm³/mol. The number of amides is 2. The van der Waals surface area contributed by atoms with Gasteiger partial charge < -0.3 is 15.6 Å². The molecule has 2 aromatic rings. The Hall–Kier alpha value is -2.22. The van der Waals surface area contributed by atoms with Gasteiger partial charge in [-0.2, -0.15) is 0 Å². The second-order valence-corrected chi connectivity index (χ2v) is 5.63. The van der Waals surface area contributed by atoms with Crippen molar-refractivity contribution in [1.82, 2.24) is 20.6 Å². The van der Waals surface area contributed by atoms with Crippen LogP contribution in [-0.2, 0) is 4.79 Å². The molecular weight excluding hydrogens is 292 g/mol. The van der Waals surface area contributed by atoms with Gasteiger partial charge in [-0.3, -0.25) is 14.4 Å². The molecule has 0 saturated carbocycles. The minimum atomic E-state index is -0.266. The van der Waals surface area contributed by atoms with E-state index in [0.29, 0.717) is 39.6 Å². The number of carbonyl (C=O) groups excluding carboxylic acids is 2. The Labute approximate surface area is 124 Å². The Morgan fingerprint density at radius 1 is 1.24 bits per heavy atom. The lowest BCUT2D eigenvalue weighted by Gasteiger charge is -2.04. The largest absolute Gasteiger partial charge is 0.355 e. The molecule has 0 unspecified atom stereocenters. The van der Waals surface area contributed by atoms with Crippen molar-refractivity contribution in [2.24, 2.45) is 0 Å². The van der Waals surface area contributed by atoms with Gasteiger partial charge in [0.05, 0.1) is 10.3 Å². The number of nitrogens with zero attached hydrogens (tertiary/aromatic N) is 1. The molecule has 2 aromatic heterocycles. The Morgan fingerprint density at radius 3 is 2.57 bits per heavy atom. The molecule has 0 spiro atoms. The zero-order valence-corrected chi connectivity index (χ0v) is 12.8. The fraction of sp³-hybridized carbons (Fsp3) is 0.385. The van der Waals surface area contributed by atoms with Crippen LogP contribution in [0.2, 0.25) is 0 Å². The summed E-state index contributed by atoms with van der Waals surface area (Å²) in [4.78, 5) is 42.7. The van der Waals surface area contributed by atoms with Gasteiger partial charge in [0.15, 0.2) is 0 Å². The fourth-order valence-electron chi connectivity index (χ4n) is 1.96. The van der Waals surface area contributed by atoms with E-state index in [-0.39, 0.29) is 17.4 Å². The molecule has 0 aliphatic rings. The van der Waals surface area contributed by atoms with Crippen molar-refractivity contribution in [3.8, 4) is 0 Å². The molecule has 0 bridgehead atoms. The molecule has 0 aliphatic heterocycles. The van der Waals surface area contributed by atoms with E-state index in [4.69, 9.17) is 0 Å². The third kappa shape index (κ3) is 3.27. The van der Waals surface area contributed by atoms with Crippen LogP contribution in [0.3, 0.4) is 0 Å². The zero-order chi connectivity index (χ0) is 15.6. The number of aromatic nitrogens is 2. The van der Waals surface area contributed by atoms with E-state index in [0.717, 1.165) is 0 Å². The summed E-state index contributed by atoms with van der Waals surface area (Å²) >= 11 is 1.19. The van der Waals surface area contributed by atoms with Crippen molar-refractivity contribution < 1.29 is 9.59 Å². The molecule has 2 amide bonds. The van der Waals surface area contributed by atoms with Crippen molar-refractivity contribution in [3.63, 3.8) is 0 Å². The summed E-state index contributed by atoms with van der Waals surface area (Å²) in [7, 11) is 0. The average Bonchev–Trinajstić information content (AvgIpc) is 2.71. The van der Waals surface area contributed by atoms with E-state index in [9.17, 15) is 14.4 Å². The van der Waals surface area contributed by atoms with Gasteiger partial charge in [-0.05, 0) is 19.4 Å². The lowest BCUT2D eigenvalue weighted by Crippen LogP contribution is -2.33. The summed E-state index contributed by atoms with van der Waals surface area (Å²) in [5.74, 6) is 0.109. The fourth-order valence-corrected chi connectivity index (χ4v) is 3.11. The highest BCUT2D eigenvalue weighted by Gasteiger charge is 2.18. The summed E-state index contributed by atoms with van der Waals surface area (Å²) in [5.41, 5.74) is 0.393. The van der Waals surface area contributed by atoms with Crippen LogP contribution in [0.25, 0.3) is 10.2 Å². The topological polar surface area (TPSA) is 104 Å². The first-order chi connectivity index (χ1) is 9.90. The molecule has 2 rings (SSSR count). The van der Waals surface area contributed by atoms with Gasteiger partial charge in [0.1, 0.15) is 10.7 Å². The number of hydrogen-bond donors (Lipinski definition) is 3. The van der Waals surface area contributed by atoms with E-state index in [1.807, 2.05) is 0 Å². The van der Waals surface area contributed by atoms with Crippen molar-refractivity contribution >= 4 is 33.4 Å². The number of aryl methyl sites for hydroxylation is 2. The summed E-state index contributed by atoms with van der Waals surface area (Å²) in [6, 6.07) is 0. The maximum Gasteiger partial charge on any atom is 0.261 e. The number of rotatable bonds is 4. The highest BCUT2D eigenvalue weighted by atomic mass is 32.1. The molecule has 8 heteroatoms. The van der Waals surface area contributed by atoms with Gasteiger partial charge in [0, 0.05) is 20.0 Å². The summed E-state index contributed by atoms with van der Waals surface area (Å²) in [6.07, 6.45) is 0. The minimum absolute atomic E-state index is 0.145. The standard InChI is InChI=1S/C13H16N4O3S/c1-6-9-11(19)16-7(2)17-13(9)21-10(6)12(20)15-5-4-14-8(3)18/h4-5H2,1-3H3,(H,14,18)(H,15,20)(H,16,17,19). The first-order valence-electron chi connectivity index (χ1n) is 6.42. The van der Waals surface area contributed by atoms with Crippen LogP contribution < -0.4 is 16.2 Å². The van der Waals surface area contributed by atoms with Crippen molar-refractivity contribution in [2.45, 2.75) is 20.8 Å². The first kappa shape index (κ1) is 15.2. The quantitative estimate of drug-likeness (QED) is 0.714. The predicted octanol–water partition coefficient (Wildman–Crippen LogP) is 0.467. The van der Waals surface area contributed by atoms with Crippen LogP contribution in [0.15, 0.2) is 4.79 Å². The highest BCUT2D eigenvalue weighted by molar-refractivity contribution is 7.20. The zero-order valence-electron chi connectivity index (χ0n) is 12.0. The Bertz CT molecular complexity index is 763. The third-order valence-electron chi connectivity index (χ3n) is 2.91. The molecule has 2 heterocycles. The van der Waals surface area contributed by atoms with E-state index in [2.05, 4.69) is 20.6 Å². The van der Waals surface area contributed by atoms with Gasteiger partial charge in [0.25, 0.3) is 11.5 Å². The molecule has 7 nitrogen and oxygen atoms in total. The molecule has 112 valence electrons. The number of thiophene rings is 1. The Balaban J connectivity index is 2.20. The molecule has 0 aromatic carbocycles. The molecule has 0 atom stereocenters. The molecule has 3 N–H and O–H groups in total. The SMILES string of the molecule is CC(=O)NCCNC(=O)c1sc2nc(C)[nH]c(=O)c2c1C. The molecule has 0 aliphatic carbocycles. The number of aromatic amines is 1. The van der Waals surface area contributed by atoms with E-state index in [1.165, 1.54) is 18.3 Å². The number of nitrogens with one attached hydrogen (secondary N) is 3. The molecular formula is C13H16N4O3S. The van der Waals surface area contributed by atoms with Crippen molar-refractivity contribution in [3.05, 3.63) is 26.6 Å². The summed E-state index contributed by atoms with van der Waals surface area (Å²) in [5, 5.41) is 5.76. The lowest BCUT2D eigenvalue weighted by atomic mass is 10.2. The van der Waals surface area contributed by atoms with Crippen molar-refractivity contribution in [2.75, 3.05) is 13.1 Å². The second-order valence-electron chi connectivity index (χ2n) is 4.63. The monoisotopic (exact) mass is 308 g/mol. The Morgan fingerprint density at radius 2 is 1.90 bits per heavy atom. The average molecular weight is 308 g/mol. The molecule has 0 radical (unpaired) electrons. The maximum absolute atomic E-state index is 12.1. The normalized spacial score (nSPS) is 10.6. The Kier molecular flexibility index (Phi) is 4.37. The van der Waals surface area contributed by atoms with Crippen LogP contribution >= 0.6 is 11.3 Å². The van der Waals surface area contributed by atoms with Gasteiger partial charge in [0.2, 0.25) is 5.91 Å². The smallest absolute Gasteiger partial charge is 0.261 e. The van der Waals surface area contributed by atoms with Gasteiger partial charge in [-0.25, -0.2) is 4.98 Å². The van der Waals surface area contributed by atoms with Crippen LogP contribution in [0, 0.1) is 13.8 Å². The molecule has 0 fully saturated rings. The highest BCUT2D eigenvalue weighted by Crippen LogP contribution is 2.26. The first-order valence-corrected chi connectivity index (χ1v) is 7.24. The van der Waals surface area contributed by atoms with Gasteiger partial charge in [-0.1, -0.05) is 0 Å². The number of fused-ring (bicyclic) bond motifs is 1. The van der Waals surface area contributed by atoms with Crippen LogP contribution in [0.1, 0.15) is 28.0 Å². The van der Waals surface area contributed by atoms with Gasteiger partial charge in [-0.15, -0.1) is 11.3 Å². The lowest BCUT2D eigenvalue weighted by molar-refractivity contribution is -0.118. The number of hydrogen-bond acceptors (Lipinski definition) is 5. The molecule has 0 saturated heterocycles. The second kappa shape index (κ2) is 6.04.